The molecule has 5 nitrogen and oxygen atoms in total. The van der Waals surface area contributed by atoms with E-state index < -0.39 is 5.92 Å². The predicted octanol–water partition coefficient (Wildman–Crippen LogP) is 1.35. The van der Waals surface area contributed by atoms with Crippen LogP contribution in [0.2, 0.25) is 0 Å². The summed E-state index contributed by atoms with van der Waals surface area (Å²) in [5, 5.41) is 0. The zero-order valence-electron chi connectivity index (χ0n) is 12.1. The lowest BCUT2D eigenvalue weighted by Gasteiger charge is -2.29. The van der Waals surface area contributed by atoms with Crippen molar-refractivity contribution in [3.05, 3.63) is 0 Å². The Morgan fingerprint density at radius 1 is 1.20 bits per heavy atom. The van der Waals surface area contributed by atoms with Crippen LogP contribution < -0.4 is 0 Å². The summed E-state index contributed by atoms with van der Waals surface area (Å²) in [7, 11) is 1.47. The molecule has 0 aromatic carbocycles. The van der Waals surface area contributed by atoms with Gasteiger partial charge in [-0.1, -0.05) is 6.92 Å². The van der Waals surface area contributed by atoms with Gasteiger partial charge in [-0.3, -0.25) is 24.1 Å². The van der Waals surface area contributed by atoms with Crippen molar-refractivity contribution in [3.63, 3.8) is 0 Å². The Balaban J connectivity index is 1.96. The summed E-state index contributed by atoms with van der Waals surface area (Å²) in [4.78, 5) is 48.5. The Morgan fingerprint density at radius 3 is 2.40 bits per heavy atom. The van der Waals surface area contributed by atoms with Gasteiger partial charge in [0.15, 0.2) is 0 Å². The molecule has 2 fully saturated rings. The summed E-state index contributed by atoms with van der Waals surface area (Å²) in [6.45, 7) is 2.05. The van der Waals surface area contributed by atoms with E-state index in [-0.39, 0.29) is 48.6 Å². The Labute approximate surface area is 118 Å². The van der Waals surface area contributed by atoms with Crippen LogP contribution >= 0.6 is 0 Å². The van der Waals surface area contributed by atoms with Crippen molar-refractivity contribution in [1.82, 2.24) is 4.90 Å². The highest BCUT2D eigenvalue weighted by Crippen LogP contribution is 2.30. The number of ketones is 2. The molecule has 2 amide bonds. The molecule has 0 bridgehead atoms. The molecule has 5 heteroatoms. The van der Waals surface area contributed by atoms with E-state index >= 15 is 0 Å². The first-order valence-electron chi connectivity index (χ1n) is 7.23. The highest BCUT2D eigenvalue weighted by Gasteiger charge is 2.36. The lowest BCUT2D eigenvalue weighted by Crippen LogP contribution is -2.41. The van der Waals surface area contributed by atoms with Crippen molar-refractivity contribution < 1.29 is 19.2 Å². The van der Waals surface area contributed by atoms with Crippen LogP contribution in [-0.4, -0.2) is 35.3 Å². The van der Waals surface area contributed by atoms with Gasteiger partial charge < -0.3 is 0 Å². The second-order valence-electron chi connectivity index (χ2n) is 6.19. The predicted molar refractivity (Wildman–Crippen MR) is 71.6 cm³/mol. The van der Waals surface area contributed by atoms with Crippen molar-refractivity contribution in [1.29, 1.82) is 0 Å². The lowest BCUT2D eigenvalue weighted by atomic mass is 9.76. The first-order chi connectivity index (χ1) is 9.38. The number of amides is 2. The van der Waals surface area contributed by atoms with Gasteiger partial charge >= 0.3 is 0 Å². The second-order valence-corrected chi connectivity index (χ2v) is 6.19. The Morgan fingerprint density at radius 2 is 1.80 bits per heavy atom. The van der Waals surface area contributed by atoms with E-state index in [1.54, 1.807) is 0 Å². The number of likely N-dealkylation sites (tertiary alicyclic amines) is 1. The zero-order valence-corrected chi connectivity index (χ0v) is 12.1. The Bertz CT molecular complexity index is 439. The van der Waals surface area contributed by atoms with Gasteiger partial charge in [-0.05, 0) is 24.7 Å². The maximum absolute atomic E-state index is 12.3. The molecule has 20 heavy (non-hydrogen) atoms. The highest BCUT2D eigenvalue weighted by atomic mass is 16.2. The zero-order chi connectivity index (χ0) is 14.9. The van der Waals surface area contributed by atoms with Crippen LogP contribution in [0.4, 0.5) is 0 Å². The molecule has 2 atom stereocenters. The summed E-state index contributed by atoms with van der Waals surface area (Å²) < 4.78 is 0. The van der Waals surface area contributed by atoms with E-state index in [0.29, 0.717) is 18.8 Å². The van der Waals surface area contributed by atoms with Gasteiger partial charge in [0.25, 0.3) is 0 Å². The van der Waals surface area contributed by atoms with Crippen LogP contribution in [0.5, 0.6) is 0 Å². The van der Waals surface area contributed by atoms with Gasteiger partial charge in [0.1, 0.15) is 11.6 Å². The van der Waals surface area contributed by atoms with Gasteiger partial charge in [-0.25, -0.2) is 0 Å². The van der Waals surface area contributed by atoms with Gasteiger partial charge in [-0.2, -0.15) is 0 Å². The summed E-state index contributed by atoms with van der Waals surface area (Å²) in [5.74, 6) is -0.880. The number of imide groups is 1. The highest BCUT2D eigenvalue weighted by molar-refractivity contribution is 6.04. The molecule has 1 unspecified atom stereocenters. The van der Waals surface area contributed by atoms with E-state index in [0.717, 1.165) is 11.3 Å². The van der Waals surface area contributed by atoms with E-state index in [1.807, 2.05) is 0 Å². The molecule has 0 aromatic rings. The fourth-order valence-corrected chi connectivity index (χ4v) is 3.08. The van der Waals surface area contributed by atoms with Gasteiger partial charge in [0.2, 0.25) is 11.8 Å². The fourth-order valence-electron chi connectivity index (χ4n) is 3.08. The van der Waals surface area contributed by atoms with Crippen molar-refractivity contribution in [3.8, 4) is 0 Å². The van der Waals surface area contributed by atoms with E-state index in [4.69, 9.17) is 0 Å². The molecule has 1 aliphatic heterocycles. The molecule has 1 heterocycles. The summed E-state index contributed by atoms with van der Waals surface area (Å²) in [5.41, 5.74) is 0. The normalized spacial score (nSPS) is 28.9. The van der Waals surface area contributed by atoms with E-state index in [2.05, 4.69) is 6.92 Å². The molecule has 0 radical (unpaired) electrons. The molecule has 2 aliphatic rings. The molecule has 1 aliphatic carbocycles. The first-order valence-corrected chi connectivity index (χ1v) is 7.23. The van der Waals surface area contributed by atoms with Crippen LogP contribution in [0.1, 0.15) is 45.4 Å². The van der Waals surface area contributed by atoms with Crippen molar-refractivity contribution >= 4 is 23.4 Å². The lowest BCUT2D eigenvalue weighted by molar-refractivity contribution is -0.148. The van der Waals surface area contributed by atoms with Crippen LogP contribution in [0.25, 0.3) is 0 Å². The number of hydrogen-bond donors (Lipinski definition) is 0. The molecule has 0 spiro atoms. The second kappa shape index (κ2) is 5.85. The SMILES string of the molecule is C[C@H]1CCC(=O)C(C(=O)CC2CC(=O)N(C)C(=O)C2)C1. The topological polar surface area (TPSA) is 71.5 Å². The molecular weight excluding hydrogens is 258 g/mol. The maximum Gasteiger partial charge on any atom is 0.229 e. The number of Topliss-reactive ketones (excluding diaryl/α,β-unsaturated/α-hetero) is 2. The van der Waals surface area contributed by atoms with Crippen molar-refractivity contribution in [2.45, 2.75) is 45.4 Å². The average Bonchev–Trinajstić information content (AvgIpc) is 2.38. The molecule has 1 saturated heterocycles. The number of rotatable bonds is 3. The number of nitrogens with zero attached hydrogens (tertiary/aromatic N) is 1. The molecule has 0 N–H and O–H groups in total. The largest absolute Gasteiger partial charge is 0.299 e. The third kappa shape index (κ3) is 3.14. The molecule has 110 valence electrons. The van der Waals surface area contributed by atoms with Crippen LogP contribution in [-0.2, 0) is 19.2 Å². The molecule has 0 aromatic heterocycles. The monoisotopic (exact) mass is 279 g/mol. The molecular formula is C15H21NO4. The standard InChI is InChI=1S/C15H21NO4/c1-9-3-4-12(17)11(5-9)13(18)6-10-7-14(19)16(2)15(20)8-10/h9-11H,3-8H2,1-2H3/t9-,11?/m0/s1. The van der Waals surface area contributed by atoms with Gasteiger partial charge in [-0.15, -0.1) is 0 Å². The third-order valence-corrected chi connectivity index (χ3v) is 4.46. The molecule has 1 saturated carbocycles. The third-order valence-electron chi connectivity index (χ3n) is 4.46. The molecule has 2 rings (SSSR count). The minimum Gasteiger partial charge on any atom is -0.299 e. The average molecular weight is 279 g/mol. The van der Waals surface area contributed by atoms with E-state index in [1.165, 1.54) is 7.05 Å². The van der Waals surface area contributed by atoms with Gasteiger partial charge in [0.05, 0.1) is 5.92 Å². The number of carbonyl (C=O) groups is 4. The van der Waals surface area contributed by atoms with Gasteiger partial charge in [0, 0.05) is 32.7 Å². The Hall–Kier alpha value is -1.52. The van der Waals surface area contributed by atoms with Crippen LogP contribution in [0.15, 0.2) is 0 Å². The van der Waals surface area contributed by atoms with Crippen LogP contribution in [0, 0.1) is 17.8 Å². The quantitative estimate of drug-likeness (QED) is 0.577. The van der Waals surface area contributed by atoms with E-state index in [9.17, 15) is 19.2 Å². The number of piperidine rings is 1. The number of carbonyl (C=O) groups excluding carboxylic acids is 4. The minimum atomic E-state index is -0.511. The summed E-state index contributed by atoms with van der Waals surface area (Å²) in [6.07, 6.45) is 2.58. The number of hydrogen-bond acceptors (Lipinski definition) is 4. The minimum absolute atomic E-state index is 0.0266. The summed E-state index contributed by atoms with van der Waals surface area (Å²) in [6, 6.07) is 0. The smallest absolute Gasteiger partial charge is 0.229 e. The van der Waals surface area contributed by atoms with Crippen molar-refractivity contribution in [2.24, 2.45) is 17.8 Å². The maximum atomic E-state index is 12.3. The van der Waals surface area contributed by atoms with Crippen molar-refractivity contribution in [2.75, 3.05) is 7.05 Å². The Kier molecular flexibility index (Phi) is 4.35. The fraction of sp³-hybridized carbons (Fsp3) is 0.733. The van der Waals surface area contributed by atoms with Crippen LogP contribution in [0.3, 0.4) is 0 Å². The summed E-state index contributed by atoms with van der Waals surface area (Å²) >= 11 is 0. The first kappa shape index (κ1) is 14.9.